The van der Waals surface area contributed by atoms with Gasteiger partial charge in [-0.3, -0.25) is 19.7 Å². The second kappa shape index (κ2) is 14.5. The lowest BCUT2D eigenvalue weighted by Crippen LogP contribution is -2.25. The van der Waals surface area contributed by atoms with Crippen LogP contribution in [0, 0.1) is 0 Å². The van der Waals surface area contributed by atoms with Gasteiger partial charge < -0.3 is 20.5 Å². The average molecular weight is 544 g/mol. The Morgan fingerprint density at radius 1 is 1.16 bits per heavy atom. The number of aromatic nitrogens is 1. The number of carbonyl (C=O) groups excluding carboxylic acids is 1. The molecule has 3 aromatic rings. The van der Waals surface area contributed by atoms with Crippen LogP contribution >= 0.6 is 11.3 Å². The van der Waals surface area contributed by atoms with E-state index in [0.717, 1.165) is 42.4 Å². The Balaban J connectivity index is 0.00000127. The van der Waals surface area contributed by atoms with E-state index in [4.69, 9.17) is 20.0 Å². The molecule has 2 heterocycles. The molecular formula is C27H37N5O5S. The second-order valence-corrected chi connectivity index (χ2v) is 9.66. The Bertz CT molecular complexity index is 1170. The summed E-state index contributed by atoms with van der Waals surface area (Å²) >= 11 is 1.15. The number of nitrogens with zero attached hydrogens (tertiary/aromatic N) is 3. The molecule has 2 aromatic carbocycles. The van der Waals surface area contributed by atoms with Crippen molar-refractivity contribution in [2.75, 3.05) is 56.7 Å². The van der Waals surface area contributed by atoms with Gasteiger partial charge in [-0.25, -0.2) is 4.98 Å². The van der Waals surface area contributed by atoms with E-state index < -0.39 is 0 Å². The van der Waals surface area contributed by atoms with E-state index in [1.807, 2.05) is 24.3 Å². The van der Waals surface area contributed by atoms with Crippen LogP contribution in [-0.4, -0.2) is 61.3 Å². The number of nitrogens with two attached hydrogens (primary N) is 1. The molecule has 11 heteroatoms. The van der Waals surface area contributed by atoms with Crippen molar-refractivity contribution in [1.29, 1.82) is 0 Å². The van der Waals surface area contributed by atoms with E-state index in [1.165, 1.54) is 39.5 Å². The lowest BCUT2D eigenvalue weighted by atomic mass is 10.1. The first kappa shape index (κ1) is 29.2. The number of thiazole rings is 1. The molecule has 1 fully saturated rings. The molecular weight excluding hydrogens is 506 g/mol. The van der Waals surface area contributed by atoms with E-state index in [2.05, 4.69) is 29.0 Å². The highest BCUT2D eigenvalue weighted by Gasteiger charge is 2.21. The summed E-state index contributed by atoms with van der Waals surface area (Å²) in [4.78, 5) is 24.9. The van der Waals surface area contributed by atoms with Gasteiger partial charge in [0.05, 0.1) is 14.2 Å². The van der Waals surface area contributed by atoms with E-state index >= 15 is 0 Å². The van der Waals surface area contributed by atoms with Crippen LogP contribution in [0.15, 0.2) is 42.5 Å². The number of rotatable bonds is 11. The smallest absolute Gasteiger partial charge is 0.206 e. The van der Waals surface area contributed by atoms with E-state index in [1.54, 1.807) is 12.1 Å². The largest absolute Gasteiger partial charge is 0.494 e. The van der Waals surface area contributed by atoms with Gasteiger partial charge >= 0.3 is 0 Å². The minimum atomic E-state index is -0.330. The van der Waals surface area contributed by atoms with Gasteiger partial charge in [-0.2, -0.15) is 0 Å². The number of methoxy groups -OCH3 is 1. The van der Waals surface area contributed by atoms with Crippen LogP contribution in [0.25, 0.3) is 0 Å². The molecule has 1 saturated heterocycles. The first-order valence-electron chi connectivity index (χ1n) is 12.6. The maximum Gasteiger partial charge on any atom is 0.206 e. The van der Waals surface area contributed by atoms with Crippen LogP contribution in [0.5, 0.6) is 11.5 Å². The van der Waals surface area contributed by atoms with Crippen molar-refractivity contribution in [3.8, 4) is 11.5 Å². The molecule has 4 N–H and O–H groups in total. The Labute approximate surface area is 227 Å². The maximum atomic E-state index is 13.1. The molecule has 38 heavy (non-hydrogen) atoms. The summed E-state index contributed by atoms with van der Waals surface area (Å²) in [6, 6.07) is 12.2. The van der Waals surface area contributed by atoms with Crippen molar-refractivity contribution >= 4 is 39.4 Å². The number of ether oxygens (including phenoxy) is 2. The number of nitrogen functional groups attached to an aromatic ring is 1. The van der Waals surface area contributed by atoms with Crippen molar-refractivity contribution in [3.63, 3.8) is 0 Å². The third-order valence-corrected chi connectivity index (χ3v) is 6.65. The molecule has 0 spiro atoms. The maximum absolute atomic E-state index is 13.1. The first-order valence-corrected chi connectivity index (χ1v) is 13.5. The zero-order valence-corrected chi connectivity index (χ0v) is 23.2. The summed E-state index contributed by atoms with van der Waals surface area (Å²) in [6.45, 7) is 8.15. The van der Waals surface area contributed by atoms with Crippen LogP contribution in [0.1, 0.15) is 48.3 Å². The van der Waals surface area contributed by atoms with Gasteiger partial charge in [-0.15, -0.1) is 5.23 Å². The highest BCUT2D eigenvalue weighted by atomic mass is 32.1. The fourth-order valence-electron chi connectivity index (χ4n) is 3.82. The zero-order valence-electron chi connectivity index (χ0n) is 22.4. The third kappa shape index (κ3) is 7.81. The Morgan fingerprint density at radius 3 is 2.47 bits per heavy atom. The van der Waals surface area contributed by atoms with Gasteiger partial charge in [0.1, 0.15) is 34.5 Å². The van der Waals surface area contributed by atoms with Gasteiger partial charge in [0, 0.05) is 17.8 Å². The van der Waals surface area contributed by atoms with Gasteiger partial charge in [0.15, 0.2) is 5.13 Å². The van der Waals surface area contributed by atoms with Crippen LogP contribution < -0.4 is 25.8 Å². The quantitative estimate of drug-likeness (QED) is 0.215. The molecule has 1 aliphatic rings. The van der Waals surface area contributed by atoms with Gasteiger partial charge in [0.25, 0.3) is 0 Å². The molecule has 0 unspecified atom stereocenters. The number of likely N-dealkylation sites (tertiary alicyclic amines) is 1. The lowest BCUT2D eigenvalue weighted by molar-refractivity contribution is -0.0119. The Morgan fingerprint density at radius 2 is 1.84 bits per heavy atom. The topological polar surface area (TPSA) is 122 Å². The standard InChI is InChI=1S/C24H29N5O5S.C3H8/c1-32-20-10-5-16(15-19(20)29(31)33-2)21(30)22-23(25)27-24(35-22)26-17-6-8-18(9-7-17)34-14-13-28-11-3-4-12-28;1-3-2/h5-10,15,31H,3-4,11-14,25H2,1-2H3,(H,26,27);3H2,1-2H3. The third-order valence-electron chi connectivity index (χ3n) is 5.66. The number of nitrogens with one attached hydrogen (secondary N) is 1. The fourth-order valence-corrected chi connectivity index (χ4v) is 4.68. The van der Waals surface area contributed by atoms with Gasteiger partial charge in [-0.1, -0.05) is 31.6 Å². The number of ketones is 1. The van der Waals surface area contributed by atoms with Crippen LogP contribution in [0.3, 0.4) is 0 Å². The molecule has 0 amide bonds. The van der Waals surface area contributed by atoms with Gasteiger partial charge in [0.2, 0.25) is 5.78 Å². The molecule has 0 bridgehead atoms. The van der Waals surface area contributed by atoms with E-state index in [0.29, 0.717) is 28.3 Å². The summed E-state index contributed by atoms with van der Waals surface area (Å²) in [6.07, 6.45) is 3.79. The molecule has 1 aromatic heterocycles. The van der Waals surface area contributed by atoms with Crippen LogP contribution in [0.2, 0.25) is 0 Å². The van der Waals surface area contributed by atoms with Gasteiger partial charge in [-0.05, 0) is 68.4 Å². The molecule has 0 atom stereocenters. The lowest BCUT2D eigenvalue weighted by Gasteiger charge is -2.17. The average Bonchev–Trinajstić information content (AvgIpc) is 3.58. The minimum Gasteiger partial charge on any atom is -0.494 e. The number of hydrogen-bond acceptors (Lipinski definition) is 11. The summed E-state index contributed by atoms with van der Waals surface area (Å²) in [5.41, 5.74) is 7.33. The molecule has 0 saturated carbocycles. The number of anilines is 4. The minimum absolute atomic E-state index is 0.120. The molecule has 206 valence electrons. The molecule has 0 aliphatic carbocycles. The monoisotopic (exact) mass is 543 g/mol. The van der Waals surface area contributed by atoms with Crippen molar-refractivity contribution < 1.29 is 24.3 Å². The summed E-state index contributed by atoms with van der Waals surface area (Å²) in [5, 5.41) is 14.1. The number of hydrogen-bond donors (Lipinski definition) is 3. The van der Waals surface area contributed by atoms with E-state index in [-0.39, 0.29) is 22.2 Å². The summed E-state index contributed by atoms with van der Waals surface area (Å²) in [5.74, 6) is 0.931. The molecule has 0 radical (unpaired) electrons. The van der Waals surface area contributed by atoms with Crippen molar-refractivity contribution in [2.24, 2.45) is 0 Å². The van der Waals surface area contributed by atoms with Crippen LogP contribution in [-0.2, 0) is 4.84 Å². The second-order valence-electron chi connectivity index (χ2n) is 8.66. The molecule has 10 nitrogen and oxygen atoms in total. The highest BCUT2D eigenvalue weighted by molar-refractivity contribution is 7.18. The van der Waals surface area contributed by atoms with Crippen molar-refractivity contribution in [1.82, 2.24) is 9.88 Å². The Kier molecular flexibility index (Phi) is 11.2. The number of carbonyl (C=O) groups is 1. The fraction of sp³-hybridized carbons (Fsp3) is 0.407. The molecule has 1 aliphatic heterocycles. The number of benzene rings is 2. The molecule has 4 rings (SSSR count). The highest BCUT2D eigenvalue weighted by Crippen LogP contribution is 2.33. The predicted octanol–water partition coefficient (Wildman–Crippen LogP) is 5.36. The normalized spacial score (nSPS) is 13.0. The SMILES string of the molecule is CCC.COc1ccc(C(=O)c2sc(Nc3ccc(OCCN4CCCC4)cc3)nc2N)cc1N(O)OC. The first-order chi connectivity index (χ1) is 18.4. The van der Waals surface area contributed by atoms with Crippen LogP contribution in [0.4, 0.5) is 22.3 Å². The van der Waals surface area contributed by atoms with E-state index in [9.17, 15) is 10.0 Å². The van der Waals surface area contributed by atoms with Crippen molar-refractivity contribution in [3.05, 3.63) is 52.9 Å². The summed E-state index contributed by atoms with van der Waals surface area (Å²) in [7, 11) is 2.75. The summed E-state index contributed by atoms with van der Waals surface area (Å²) < 4.78 is 11.0. The van der Waals surface area contributed by atoms with Crippen molar-refractivity contribution in [2.45, 2.75) is 33.1 Å². The zero-order chi connectivity index (χ0) is 27.5. The predicted molar refractivity (Wildman–Crippen MR) is 151 cm³/mol. The Hall–Kier alpha value is -3.38.